The van der Waals surface area contributed by atoms with Gasteiger partial charge in [0.05, 0.1) is 16.7 Å². The molecular formula is C23H30N4. The second-order valence-corrected chi connectivity index (χ2v) is 7.48. The molecule has 0 spiro atoms. The molecular weight excluding hydrogens is 332 g/mol. The minimum absolute atomic E-state index is 0.965. The number of hydrogen-bond acceptors (Lipinski definition) is 4. The van der Waals surface area contributed by atoms with Crippen molar-refractivity contribution >= 4 is 27.5 Å². The number of benzene rings is 2. The molecule has 4 heteroatoms. The van der Waals surface area contributed by atoms with Gasteiger partial charge in [-0.1, -0.05) is 49.7 Å². The Bertz CT molecular complexity index is 830. The van der Waals surface area contributed by atoms with E-state index in [0.29, 0.717) is 0 Å². The van der Waals surface area contributed by atoms with Gasteiger partial charge < -0.3 is 10.2 Å². The summed E-state index contributed by atoms with van der Waals surface area (Å²) in [5, 5.41) is 6.15. The smallest absolute Gasteiger partial charge is 0.0730 e. The van der Waals surface area contributed by atoms with Crippen molar-refractivity contribution in [2.24, 2.45) is 0 Å². The molecule has 0 aliphatic carbocycles. The van der Waals surface area contributed by atoms with Crippen LogP contribution in [0.25, 0.3) is 21.8 Å². The summed E-state index contributed by atoms with van der Waals surface area (Å²) in [6.07, 6.45) is 2.61. The molecule has 27 heavy (non-hydrogen) atoms. The van der Waals surface area contributed by atoms with E-state index in [4.69, 9.17) is 4.98 Å². The minimum atomic E-state index is 0.965. The van der Waals surface area contributed by atoms with Crippen LogP contribution < -0.4 is 5.32 Å². The van der Waals surface area contributed by atoms with Gasteiger partial charge in [-0.2, -0.15) is 0 Å². The van der Waals surface area contributed by atoms with Crippen LogP contribution in [0.3, 0.4) is 0 Å². The van der Waals surface area contributed by atoms with E-state index >= 15 is 0 Å². The van der Waals surface area contributed by atoms with Crippen molar-refractivity contribution in [2.45, 2.75) is 19.8 Å². The fraction of sp³-hybridized carbons (Fsp3) is 0.435. The Labute approximate surface area is 162 Å². The number of rotatable bonds is 7. The van der Waals surface area contributed by atoms with Crippen molar-refractivity contribution < 1.29 is 0 Å². The highest BCUT2D eigenvalue weighted by Gasteiger charge is 2.16. The number of aromatic nitrogens is 1. The first-order chi connectivity index (χ1) is 13.3. The Balaban J connectivity index is 1.42. The summed E-state index contributed by atoms with van der Waals surface area (Å²) < 4.78 is 0. The van der Waals surface area contributed by atoms with Gasteiger partial charge in [-0.3, -0.25) is 4.90 Å². The highest BCUT2D eigenvalue weighted by atomic mass is 15.3. The predicted octanol–water partition coefficient (Wildman–Crippen LogP) is 4.22. The van der Waals surface area contributed by atoms with Crippen LogP contribution in [0.1, 0.15) is 19.8 Å². The molecule has 4 rings (SSSR count). The van der Waals surface area contributed by atoms with E-state index in [1.54, 1.807) is 0 Å². The van der Waals surface area contributed by atoms with Crippen LogP contribution in [-0.2, 0) is 0 Å². The number of fused-ring (bicyclic) bond motifs is 2. The molecule has 4 nitrogen and oxygen atoms in total. The van der Waals surface area contributed by atoms with E-state index in [1.807, 2.05) is 0 Å². The second kappa shape index (κ2) is 8.68. The van der Waals surface area contributed by atoms with E-state index in [1.165, 1.54) is 62.0 Å². The van der Waals surface area contributed by atoms with Crippen molar-refractivity contribution in [3.8, 4) is 0 Å². The Morgan fingerprint density at radius 2 is 1.37 bits per heavy atom. The van der Waals surface area contributed by atoms with E-state index in [2.05, 4.69) is 70.6 Å². The monoisotopic (exact) mass is 362 g/mol. The summed E-state index contributed by atoms with van der Waals surface area (Å²) in [7, 11) is 0. The average Bonchev–Trinajstić information content (AvgIpc) is 2.72. The topological polar surface area (TPSA) is 31.4 Å². The van der Waals surface area contributed by atoms with Gasteiger partial charge in [-0.05, 0) is 25.1 Å². The molecule has 1 N–H and O–H groups in total. The van der Waals surface area contributed by atoms with E-state index in [0.717, 1.165) is 24.1 Å². The van der Waals surface area contributed by atoms with Crippen LogP contribution >= 0.6 is 0 Å². The summed E-state index contributed by atoms with van der Waals surface area (Å²) in [5.41, 5.74) is 3.34. The van der Waals surface area contributed by atoms with Gasteiger partial charge >= 0.3 is 0 Å². The number of anilines is 1. The van der Waals surface area contributed by atoms with E-state index < -0.39 is 0 Å². The maximum atomic E-state index is 4.81. The van der Waals surface area contributed by atoms with Crippen LogP contribution in [0.5, 0.6) is 0 Å². The number of unbranched alkanes of at least 4 members (excludes halogenated alkanes) is 1. The van der Waals surface area contributed by atoms with Crippen molar-refractivity contribution in [3.63, 3.8) is 0 Å². The zero-order valence-corrected chi connectivity index (χ0v) is 16.3. The molecule has 3 aromatic rings. The molecule has 1 saturated heterocycles. The normalized spacial score (nSPS) is 16.2. The molecule has 0 saturated carbocycles. The fourth-order valence-electron chi connectivity index (χ4n) is 3.99. The maximum Gasteiger partial charge on any atom is 0.0730 e. The predicted molar refractivity (Wildman–Crippen MR) is 116 cm³/mol. The number of para-hydroxylation sites is 2. The molecule has 0 radical (unpaired) electrons. The molecule has 1 fully saturated rings. The van der Waals surface area contributed by atoms with Crippen LogP contribution in [0.4, 0.5) is 5.69 Å². The standard InChI is InChI=1S/C23H30N4/c1-2-3-13-26-15-17-27(18-16-26)14-12-24-23-19-8-4-6-10-21(19)25-22-11-7-5-9-20(22)23/h4-11H,2-3,12-18H2,1H3,(H,24,25). The summed E-state index contributed by atoms with van der Waals surface area (Å²) in [5.74, 6) is 0. The van der Waals surface area contributed by atoms with Gasteiger partial charge in [0.25, 0.3) is 0 Å². The third kappa shape index (κ3) is 4.23. The summed E-state index contributed by atoms with van der Waals surface area (Å²) in [6.45, 7) is 10.4. The Morgan fingerprint density at radius 1 is 0.815 bits per heavy atom. The number of hydrogen-bond donors (Lipinski definition) is 1. The van der Waals surface area contributed by atoms with Crippen LogP contribution in [-0.4, -0.2) is 60.6 Å². The lowest BCUT2D eigenvalue weighted by atomic mass is 10.1. The summed E-state index contributed by atoms with van der Waals surface area (Å²) >= 11 is 0. The van der Waals surface area contributed by atoms with Gasteiger partial charge in [-0.25, -0.2) is 4.98 Å². The van der Waals surface area contributed by atoms with Gasteiger partial charge in [0.2, 0.25) is 0 Å². The molecule has 0 unspecified atom stereocenters. The van der Waals surface area contributed by atoms with E-state index in [9.17, 15) is 0 Å². The molecule has 0 bridgehead atoms. The fourth-order valence-corrected chi connectivity index (χ4v) is 3.99. The van der Waals surface area contributed by atoms with Gasteiger partial charge in [-0.15, -0.1) is 0 Å². The maximum absolute atomic E-state index is 4.81. The summed E-state index contributed by atoms with van der Waals surface area (Å²) in [6, 6.07) is 16.9. The van der Waals surface area contributed by atoms with Crippen LogP contribution in [0.2, 0.25) is 0 Å². The van der Waals surface area contributed by atoms with Crippen molar-refractivity contribution in [2.75, 3.05) is 51.1 Å². The zero-order valence-electron chi connectivity index (χ0n) is 16.3. The number of piperazine rings is 1. The SMILES string of the molecule is CCCCN1CCN(CCNc2c3ccccc3nc3ccccc23)CC1. The number of nitrogens with one attached hydrogen (secondary N) is 1. The van der Waals surface area contributed by atoms with Gasteiger partial charge in [0.15, 0.2) is 0 Å². The number of nitrogens with zero attached hydrogens (tertiary/aromatic N) is 3. The molecule has 2 heterocycles. The Morgan fingerprint density at radius 3 is 1.96 bits per heavy atom. The lowest BCUT2D eigenvalue weighted by molar-refractivity contribution is 0.135. The molecule has 0 atom stereocenters. The molecule has 1 aliphatic heterocycles. The van der Waals surface area contributed by atoms with Gasteiger partial charge in [0, 0.05) is 50.0 Å². The van der Waals surface area contributed by atoms with Crippen molar-refractivity contribution in [3.05, 3.63) is 48.5 Å². The highest BCUT2D eigenvalue weighted by Crippen LogP contribution is 2.30. The van der Waals surface area contributed by atoms with Crippen molar-refractivity contribution in [1.29, 1.82) is 0 Å². The van der Waals surface area contributed by atoms with Crippen LogP contribution in [0.15, 0.2) is 48.5 Å². The molecule has 1 aliphatic rings. The second-order valence-electron chi connectivity index (χ2n) is 7.48. The quantitative estimate of drug-likeness (QED) is 0.638. The Kier molecular flexibility index (Phi) is 5.85. The largest absolute Gasteiger partial charge is 0.383 e. The first-order valence-corrected chi connectivity index (χ1v) is 10.3. The zero-order chi connectivity index (χ0) is 18.5. The Hall–Kier alpha value is -2.17. The highest BCUT2D eigenvalue weighted by molar-refractivity contribution is 6.07. The average molecular weight is 363 g/mol. The third-order valence-electron chi connectivity index (χ3n) is 5.61. The molecule has 142 valence electrons. The first-order valence-electron chi connectivity index (χ1n) is 10.3. The molecule has 1 aromatic heterocycles. The summed E-state index contributed by atoms with van der Waals surface area (Å²) in [4.78, 5) is 10.0. The van der Waals surface area contributed by atoms with Crippen LogP contribution in [0, 0.1) is 0 Å². The lowest BCUT2D eigenvalue weighted by Gasteiger charge is -2.34. The molecule has 0 amide bonds. The van der Waals surface area contributed by atoms with E-state index in [-0.39, 0.29) is 0 Å². The first kappa shape index (κ1) is 18.2. The van der Waals surface area contributed by atoms with Crippen molar-refractivity contribution in [1.82, 2.24) is 14.8 Å². The van der Waals surface area contributed by atoms with Gasteiger partial charge in [0.1, 0.15) is 0 Å². The minimum Gasteiger partial charge on any atom is -0.383 e. The lowest BCUT2D eigenvalue weighted by Crippen LogP contribution is -2.47. The third-order valence-corrected chi connectivity index (χ3v) is 5.61. The molecule has 2 aromatic carbocycles. The number of pyridine rings is 1.